The minimum Gasteiger partial charge on any atom is -0.377 e. The number of halogens is 3. The van der Waals surface area contributed by atoms with Crippen LogP contribution in [0, 0.1) is 6.92 Å². The van der Waals surface area contributed by atoms with Crippen molar-refractivity contribution in [3.63, 3.8) is 0 Å². The van der Waals surface area contributed by atoms with Gasteiger partial charge in [-0.05, 0) is 50.6 Å². The van der Waals surface area contributed by atoms with Crippen LogP contribution in [-0.4, -0.2) is 48.0 Å². The van der Waals surface area contributed by atoms with Crippen molar-refractivity contribution in [1.29, 1.82) is 0 Å². The molecule has 1 fully saturated rings. The van der Waals surface area contributed by atoms with E-state index in [9.17, 15) is 13.2 Å². The van der Waals surface area contributed by atoms with Crippen molar-refractivity contribution in [3.8, 4) is 0 Å². The van der Waals surface area contributed by atoms with Gasteiger partial charge in [0.2, 0.25) is 0 Å². The monoisotopic (exact) mass is 488 g/mol. The smallest absolute Gasteiger partial charge is 0.377 e. The molecule has 1 aromatic carbocycles. The van der Waals surface area contributed by atoms with Crippen molar-refractivity contribution in [2.24, 2.45) is 0 Å². The minimum absolute atomic E-state index is 0.200. The Morgan fingerprint density at radius 1 is 1.23 bits per heavy atom. The van der Waals surface area contributed by atoms with E-state index < -0.39 is 17.8 Å². The molecular weight excluding hydrogens is 457 g/mol. The van der Waals surface area contributed by atoms with Crippen molar-refractivity contribution in [2.75, 3.05) is 37.0 Å². The summed E-state index contributed by atoms with van der Waals surface area (Å²) in [6, 6.07) is 6.05. The van der Waals surface area contributed by atoms with Crippen molar-refractivity contribution >= 4 is 22.4 Å². The Balaban J connectivity index is 1.75. The number of hydrogen-bond acceptors (Lipinski definition) is 7. The first-order chi connectivity index (χ1) is 16.7. The zero-order valence-electron chi connectivity index (χ0n) is 20.4. The second-order valence-corrected chi connectivity index (χ2v) is 8.83. The van der Waals surface area contributed by atoms with E-state index in [1.54, 1.807) is 12.3 Å². The first kappa shape index (κ1) is 25.1. The predicted octanol–water partition coefficient (Wildman–Crippen LogP) is 4.86. The van der Waals surface area contributed by atoms with Crippen molar-refractivity contribution in [1.82, 2.24) is 20.5 Å². The molecule has 2 atom stereocenters. The molecule has 1 saturated heterocycles. The number of fused-ring (bicyclic) bond motifs is 1. The van der Waals surface area contributed by atoms with Crippen LogP contribution in [0.15, 0.2) is 30.5 Å². The molecule has 3 aromatic rings. The number of hydrogen-bond donors (Lipinski definition) is 2. The van der Waals surface area contributed by atoms with Gasteiger partial charge in [-0.25, -0.2) is 4.98 Å². The Morgan fingerprint density at radius 3 is 2.74 bits per heavy atom. The molecule has 1 aliphatic rings. The van der Waals surface area contributed by atoms with Gasteiger partial charge in [0.05, 0.1) is 36.6 Å². The number of rotatable bonds is 7. The van der Waals surface area contributed by atoms with Gasteiger partial charge in [0.25, 0.3) is 0 Å². The summed E-state index contributed by atoms with van der Waals surface area (Å²) in [5, 5.41) is 16.9. The highest BCUT2D eigenvalue weighted by molar-refractivity contribution is 5.94. The Bertz CT molecular complexity index is 1190. The number of morpholine rings is 1. The molecule has 188 valence electrons. The van der Waals surface area contributed by atoms with E-state index in [1.165, 1.54) is 13.0 Å². The fourth-order valence-corrected chi connectivity index (χ4v) is 4.66. The van der Waals surface area contributed by atoms with Crippen molar-refractivity contribution < 1.29 is 17.9 Å². The summed E-state index contributed by atoms with van der Waals surface area (Å²) in [6.45, 7) is 7.98. The molecular formula is C25H31F3N6O. The highest BCUT2D eigenvalue weighted by atomic mass is 19.4. The lowest BCUT2D eigenvalue weighted by atomic mass is 9.97. The lowest BCUT2D eigenvalue weighted by Crippen LogP contribution is -2.45. The number of benzene rings is 1. The Hall–Kier alpha value is -2.98. The summed E-state index contributed by atoms with van der Waals surface area (Å²) in [5.41, 5.74) is 0.880. The highest BCUT2D eigenvalue weighted by Crippen LogP contribution is 2.36. The molecule has 1 aliphatic heterocycles. The molecule has 7 nitrogen and oxygen atoms in total. The summed E-state index contributed by atoms with van der Waals surface area (Å²) in [4.78, 5) is 6.97. The number of ether oxygens (including phenoxy) is 1. The van der Waals surface area contributed by atoms with E-state index in [2.05, 4.69) is 32.7 Å². The number of nitrogens with one attached hydrogen (secondary N) is 2. The first-order valence-corrected chi connectivity index (χ1v) is 11.8. The summed E-state index contributed by atoms with van der Waals surface area (Å²) in [5.74, 6) is 1.33. The highest BCUT2D eigenvalue weighted by Gasteiger charge is 2.33. The van der Waals surface area contributed by atoms with Crippen LogP contribution < -0.4 is 15.5 Å². The predicted molar refractivity (Wildman–Crippen MR) is 131 cm³/mol. The van der Waals surface area contributed by atoms with Crippen LogP contribution >= 0.6 is 0 Å². The number of pyridine rings is 1. The molecule has 0 amide bonds. The fourth-order valence-electron chi connectivity index (χ4n) is 4.66. The van der Waals surface area contributed by atoms with Crippen LogP contribution in [0.25, 0.3) is 10.8 Å². The van der Waals surface area contributed by atoms with Gasteiger partial charge in [0.1, 0.15) is 5.82 Å². The van der Waals surface area contributed by atoms with E-state index >= 15 is 0 Å². The second-order valence-electron chi connectivity index (χ2n) is 8.83. The Morgan fingerprint density at radius 2 is 2.03 bits per heavy atom. The molecule has 0 unspecified atom stereocenters. The lowest BCUT2D eigenvalue weighted by molar-refractivity contribution is -0.138. The van der Waals surface area contributed by atoms with Gasteiger partial charge in [-0.1, -0.05) is 19.1 Å². The van der Waals surface area contributed by atoms with E-state index in [0.717, 1.165) is 41.3 Å². The minimum atomic E-state index is -4.41. The Labute approximate surface area is 203 Å². The normalized spacial score (nSPS) is 17.6. The zero-order valence-corrected chi connectivity index (χ0v) is 20.4. The molecule has 3 heterocycles. The fraction of sp³-hybridized carbons (Fsp3) is 0.480. The molecule has 4 rings (SSSR count). The van der Waals surface area contributed by atoms with Crippen molar-refractivity contribution in [3.05, 3.63) is 52.8 Å². The third-order valence-electron chi connectivity index (χ3n) is 6.56. The van der Waals surface area contributed by atoms with Gasteiger partial charge < -0.3 is 20.3 Å². The lowest BCUT2D eigenvalue weighted by Gasteiger charge is -2.36. The molecule has 2 N–H and O–H groups in total. The average molecular weight is 489 g/mol. The van der Waals surface area contributed by atoms with Gasteiger partial charge in [-0.2, -0.15) is 18.3 Å². The molecule has 2 aromatic heterocycles. The quantitative estimate of drug-likeness (QED) is 0.492. The maximum Gasteiger partial charge on any atom is 0.416 e. The third kappa shape index (κ3) is 5.18. The molecule has 0 bridgehead atoms. The molecule has 0 aliphatic carbocycles. The van der Waals surface area contributed by atoms with Gasteiger partial charge in [0, 0.05) is 30.1 Å². The number of alkyl halides is 3. The van der Waals surface area contributed by atoms with Gasteiger partial charge >= 0.3 is 6.18 Å². The maximum atomic E-state index is 13.5. The van der Waals surface area contributed by atoms with E-state index in [-0.39, 0.29) is 11.6 Å². The Kier molecular flexibility index (Phi) is 7.42. The van der Waals surface area contributed by atoms with Gasteiger partial charge in [-0.3, -0.25) is 0 Å². The topological polar surface area (TPSA) is 75.2 Å². The molecule has 0 radical (unpaired) electrons. The average Bonchev–Trinajstić information content (AvgIpc) is 2.84. The summed E-state index contributed by atoms with van der Waals surface area (Å²) >= 11 is 0. The van der Waals surface area contributed by atoms with E-state index in [1.807, 2.05) is 20.0 Å². The van der Waals surface area contributed by atoms with Crippen LogP contribution in [0.3, 0.4) is 0 Å². The first-order valence-electron chi connectivity index (χ1n) is 11.8. The van der Waals surface area contributed by atoms with Crippen LogP contribution in [0.1, 0.15) is 48.7 Å². The van der Waals surface area contributed by atoms with E-state index in [4.69, 9.17) is 9.72 Å². The zero-order chi connectivity index (χ0) is 25.2. The summed E-state index contributed by atoms with van der Waals surface area (Å²) in [6.07, 6.45) is -1.68. The molecule has 0 spiro atoms. The number of nitrogens with zero attached hydrogens (tertiary/aromatic N) is 4. The standard InChI is InChI=1S/C25H31F3N6O/c1-5-17-14-35-10-9-34(17)23-11-19-20(12-30-23)22(13-29-4)32-33-24(19)31-16(3)18-7-6-8-21(15(18)2)25(26,27)28/h6-8,11-12,16-17,29H,5,9-10,13-14H2,1-4H3,(H,31,33)/t16-,17-/m1/s1. The second kappa shape index (κ2) is 10.3. The summed E-state index contributed by atoms with van der Waals surface area (Å²) < 4.78 is 46.0. The molecule has 10 heteroatoms. The van der Waals surface area contributed by atoms with Gasteiger partial charge in [-0.15, -0.1) is 5.10 Å². The van der Waals surface area contributed by atoms with E-state index in [0.29, 0.717) is 31.1 Å². The van der Waals surface area contributed by atoms with Crippen LogP contribution in [0.2, 0.25) is 0 Å². The largest absolute Gasteiger partial charge is 0.416 e. The van der Waals surface area contributed by atoms with Crippen molar-refractivity contribution in [2.45, 2.75) is 52.0 Å². The van der Waals surface area contributed by atoms with Crippen LogP contribution in [-0.2, 0) is 17.5 Å². The van der Waals surface area contributed by atoms with Crippen LogP contribution in [0.5, 0.6) is 0 Å². The third-order valence-corrected chi connectivity index (χ3v) is 6.56. The number of aromatic nitrogens is 3. The SMILES string of the molecule is CC[C@@H]1COCCN1c1cc2c(N[C@H](C)c3cccc(C(F)(F)F)c3C)nnc(CNC)c2cn1. The molecule has 0 saturated carbocycles. The van der Waals surface area contributed by atoms with Crippen LogP contribution in [0.4, 0.5) is 24.8 Å². The maximum absolute atomic E-state index is 13.5. The number of anilines is 2. The summed E-state index contributed by atoms with van der Waals surface area (Å²) in [7, 11) is 1.83. The molecule has 35 heavy (non-hydrogen) atoms. The van der Waals surface area contributed by atoms with Gasteiger partial charge in [0.15, 0.2) is 5.82 Å².